The second-order valence-electron chi connectivity index (χ2n) is 8.54. The van der Waals surface area contributed by atoms with Gasteiger partial charge in [-0.1, -0.05) is 12.1 Å². The number of benzene rings is 2. The summed E-state index contributed by atoms with van der Waals surface area (Å²) in [5.74, 6) is -0.275. The predicted octanol–water partition coefficient (Wildman–Crippen LogP) is 3.61. The molecule has 3 heterocycles. The molecule has 1 saturated heterocycles. The molecule has 1 N–H and O–H groups in total. The van der Waals surface area contributed by atoms with Crippen molar-refractivity contribution >= 4 is 17.7 Å². The van der Waals surface area contributed by atoms with Gasteiger partial charge in [-0.25, -0.2) is 9.18 Å². The van der Waals surface area contributed by atoms with Gasteiger partial charge >= 0.3 is 6.03 Å². The van der Waals surface area contributed by atoms with Crippen LogP contribution in [0.5, 0.6) is 11.5 Å². The van der Waals surface area contributed by atoms with Crippen LogP contribution in [0.3, 0.4) is 0 Å². The molecule has 1 aromatic heterocycles. The predicted molar refractivity (Wildman–Crippen MR) is 120 cm³/mol. The average Bonchev–Trinajstić information content (AvgIpc) is 3.45. The van der Waals surface area contributed by atoms with Crippen molar-refractivity contribution in [1.29, 1.82) is 0 Å². The first-order valence-corrected chi connectivity index (χ1v) is 10.7. The van der Waals surface area contributed by atoms with Crippen molar-refractivity contribution in [2.24, 2.45) is 0 Å². The maximum Gasteiger partial charge on any atom is 0.325 e. The summed E-state index contributed by atoms with van der Waals surface area (Å²) < 4.78 is 26.2. The van der Waals surface area contributed by atoms with Crippen molar-refractivity contribution in [1.82, 2.24) is 14.8 Å². The number of Topliss-reactive ketones (excluding diaryl/α,β-unsaturated/α-hetero) is 1. The molecule has 0 spiro atoms. The molecule has 9 heteroatoms. The fraction of sp³-hybridized carbons (Fsp3) is 0.240. The van der Waals surface area contributed by atoms with E-state index in [-0.39, 0.29) is 12.6 Å². The Morgan fingerprint density at radius 3 is 2.62 bits per heavy atom. The van der Waals surface area contributed by atoms with Gasteiger partial charge in [-0.05, 0) is 62.7 Å². The summed E-state index contributed by atoms with van der Waals surface area (Å²) in [6.07, 6.45) is 0. The molecule has 2 aromatic carbocycles. The Morgan fingerprint density at radius 1 is 1.09 bits per heavy atom. The second kappa shape index (κ2) is 7.72. The summed E-state index contributed by atoms with van der Waals surface area (Å²) in [5.41, 5.74) is 1.44. The van der Waals surface area contributed by atoms with E-state index in [1.54, 1.807) is 61.7 Å². The normalized spacial score (nSPS) is 19.0. The number of aromatic nitrogens is 1. The summed E-state index contributed by atoms with van der Waals surface area (Å²) >= 11 is 0. The Bertz CT molecular complexity index is 1360. The van der Waals surface area contributed by atoms with E-state index in [2.05, 4.69) is 5.32 Å². The van der Waals surface area contributed by atoms with Crippen LogP contribution in [0.1, 0.15) is 34.2 Å². The number of fused-ring (bicyclic) bond motifs is 1. The van der Waals surface area contributed by atoms with Crippen LogP contribution in [0.4, 0.5) is 9.18 Å². The Hall–Kier alpha value is -4.14. The lowest BCUT2D eigenvalue weighted by molar-refractivity contribution is -0.130. The topological polar surface area (TPSA) is 89.9 Å². The van der Waals surface area contributed by atoms with Crippen molar-refractivity contribution in [2.75, 3.05) is 13.3 Å². The highest BCUT2D eigenvalue weighted by Crippen LogP contribution is 2.38. The minimum absolute atomic E-state index is 0.0878. The van der Waals surface area contributed by atoms with Crippen LogP contribution in [0, 0.1) is 19.7 Å². The standard InChI is InChI=1S/C25H22FN3O5/c1-14-9-19(15(2)29(14)18-6-4-5-17(26)11-18)20(30)12-28-23(31)25(3,27-24(28)32)16-7-8-21-22(10-16)34-13-33-21/h4-11H,12-13H2,1-3H3,(H,27,32)/t25-/m1/s1. The first kappa shape index (κ1) is 21.7. The maximum absolute atomic E-state index is 13.7. The van der Waals surface area contributed by atoms with Crippen LogP contribution >= 0.6 is 0 Å². The number of hydrogen-bond donors (Lipinski definition) is 1. The number of urea groups is 1. The van der Waals surface area contributed by atoms with E-state index >= 15 is 0 Å². The lowest BCUT2D eigenvalue weighted by Gasteiger charge is -2.22. The first-order valence-electron chi connectivity index (χ1n) is 10.7. The number of nitrogens with zero attached hydrogens (tertiary/aromatic N) is 2. The smallest absolute Gasteiger partial charge is 0.325 e. The summed E-state index contributed by atoms with van der Waals surface area (Å²) in [5, 5.41) is 2.70. The fourth-order valence-corrected chi connectivity index (χ4v) is 4.53. The molecule has 174 valence electrons. The van der Waals surface area contributed by atoms with Gasteiger partial charge in [0.25, 0.3) is 5.91 Å². The zero-order valence-electron chi connectivity index (χ0n) is 18.8. The number of carbonyl (C=O) groups excluding carboxylic acids is 3. The molecule has 34 heavy (non-hydrogen) atoms. The molecule has 0 unspecified atom stereocenters. The third-order valence-corrected chi connectivity index (χ3v) is 6.32. The molecule has 5 rings (SSSR count). The number of ether oxygens (including phenoxy) is 2. The van der Waals surface area contributed by atoms with Gasteiger partial charge in [0, 0.05) is 22.6 Å². The van der Waals surface area contributed by atoms with Gasteiger partial charge in [0.05, 0.1) is 6.54 Å². The van der Waals surface area contributed by atoms with E-state index in [1.165, 1.54) is 12.1 Å². The molecule has 3 aromatic rings. The van der Waals surface area contributed by atoms with Crippen LogP contribution in [0.15, 0.2) is 48.5 Å². The van der Waals surface area contributed by atoms with Crippen LogP contribution < -0.4 is 14.8 Å². The molecule has 1 atom stereocenters. The Labute approximate surface area is 194 Å². The highest BCUT2D eigenvalue weighted by atomic mass is 19.1. The fourth-order valence-electron chi connectivity index (χ4n) is 4.53. The number of aryl methyl sites for hydroxylation is 1. The van der Waals surface area contributed by atoms with Gasteiger partial charge in [-0.3, -0.25) is 14.5 Å². The molecular weight excluding hydrogens is 441 g/mol. The number of nitrogens with one attached hydrogen (secondary N) is 1. The third kappa shape index (κ3) is 3.32. The van der Waals surface area contributed by atoms with Crippen molar-refractivity contribution in [3.8, 4) is 17.2 Å². The van der Waals surface area contributed by atoms with E-state index in [9.17, 15) is 18.8 Å². The highest BCUT2D eigenvalue weighted by Gasteiger charge is 2.50. The van der Waals surface area contributed by atoms with E-state index in [0.29, 0.717) is 34.0 Å². The van der Waals surface area contributed by atoms with Gasteiger partial charge in [0.2, 0.25) is 6.79 Å². The maximum atomic E-state index is 13.7. The van der Waals surface area contributed by atoms with E-state index in [4.69, 9.17) is 9.47 Å². The number of rotatable bonds is 5. The van der Waals surface area contributed by atoms with E-state index in [0.717, 1.165) is 10.6 Å². The lowest BCUT2D eigenvalue weighted by atomic mass is 9.91. The van der Waals surface area contributed by atoms with Crippen molar-refractivity contribution in [3.05, 3.63) is 76.9 Å². The minimum atomic E-state index is -1.35. The molecule has 0 bridgehead atoms. The zero-order chi connectivity index (χ0) is 24.2. The number of amides is 3. The number of carbonyl (C=O) groups is 3. The third-order valence-electron chi connectivity index (χ3n) is 6.32. The van der Waals surface area contributed by atoms with Gasteiger partial charge in [0.1, 0.15) is 11.4 Å². The Morgan fingerprint density at radius 2 is 1.85 bits per heavy atom. The van der Waals surface area contributed by atoms with E-state index in [1.807, 2.05) is 0 Å². The molecule has 2 aliphatic heterocycles. The zero-order valence-corrected chi connectivity index (χ0v) is 18.8. The van der Waals surface area contributed by atoms with Crippen molar-refractivity contribution in [3.63, 3.8) is 0 Å². The highest BCUT2D eigenvalue weighted by molar-refractivity contribution is 6.11. The van der Waals surface area contributed by atoms with Gasteiger partial charge < -0.3 is 19.4 Å². The molecule has 1 fully saturated rings. The Kier molecular flexibility index (Phi) is 4.93. The lowest BCUT2D eigenvalue weighted by Crippen LogP contribution is -2.41. The quantitative estimate of drug-likeness (QED) is 0.461. The van der Waals surface area contributed by atoms with Gasteiger partial charge in [-0.15, -0.1) is 0 Å². The van der Waals surface area contributed by atoms with Crippen LogP contribution in [-0.2, 0) is 10.3 Å². The monoisotopic (exact) mass is 463 g/mol. The van der Waals surface area contributed by atoms with Crippen LogP contribution in [-0.4, -0.2) is 40.5 Å². The minimum Gasteiger partial charge on any atom is -0.454 e. The van der Waals surface area contributed by atoms with Crippen LogP contribution in [0.2, 0.25) is 0 Å². The summed E-state index contributed by atoms with van der Waals surface area (Å²) in [4.78, 5) is 40.1. The van der Waals surface area contributed by atoms with Gasteiger partial charge in [-0.2, -0.15) is 0 Å². The SMILES string of the molecule is Cc1cc(C(=O)CN2C(=O)N[C@](C)(c3ccc4c(c3)OCO4)C2=O)c(C)n1-c1cccc(F)c1. The van der Waals surface area contributed by atoms with Crippen molar-refractivity contribution in [2.45, 2.75) is 26.3 Å². The molecular formula is C25H22FN3O5. The average molecular weight is 463 g/mol. The number of ketones is 1. The van der Waals surface area contributed by atoms with Crippen molar-refractivity contribution < 1.29 is 28.2 Å². The summed E-state index contributed by atoms with van der Waals surface area (Å²) in [7, 11) is 0. The first-order chi connectivity index (χ1) is 16.2. The number of halogens is 1. The molecule has 2 aliphatic rings. The van der Waals surface area contributed by atoms with E-state index < -0.39 is 29.8 Å². The molecule has 0 radical (unpaired) electrons. The summed E-state index contributed by atoms with van der Waals surface area (Å²) in [6.45, 7) is 4.81. The second-order valence-corrected chi connectivity index (χ2v) is 8.54. The molecule has 8 nitrogen and oxygen atoms in total. The number of imide groups is 1. The molecule has 3 amide bonds. The molecule has 0 saturated carbocycles. The number of hydrogen-bond acceptors (Lipinski definition) is 5. The summed E-state index contributed by atoms with van der Waals surface area (Å²) in [6, 6.07) is 12.1. The van der Waals surface area contributed by atoms with Crippen LogP contribution in [0.25, 0.3) is 5.69 Å². The Balaban J connectivity index is 1.41. The largest absolute Gasteiger partial charge is 0.454 e. The molecule has 0 aliphatic carbocycles. The van der Waals surface area contributed by atoms with Gasteiger partial charge in [0.15, 0.2) is 17.3 Å².